The first kappa shape index (κ1) is 15.9. The molecule has 25 heavy (non-hydrogen) atoms. The summed E-state index contributed by atoms with van der Waals surface area (Å²) in [5, 5.41) is 2.89. The monoisotopic (exact) mass is 344 g/mol. The van der Waals surface area contributed by atoms with Gasteiger partial charge in [0.2, 0.25) is 0 Å². The molecule has 1 aliphatic carbocycles. The Hall–Kier alpha value is -2.63. The molecule has 0 unspecified atom stereocenters. The molecule has 0 atom stereocenters. The summed E-state index contributed by atoms with van der Waals surface area (Å²) in [5.41, 5.74) is 2.23. The second-order valence-corrected chi connectivity index (χ2v) is 6.39. The van der Waals surface area contributed by atoms with Gasteiger partial charge in [-0.25, -0.2) is 0 Å². The van der Waals surface area contributed by atoms with Crippen LogP contribution in [-0.4, -0.2) is 18.2 Å². The topological polar surface area (TPSA) is 41.5 Å². The Balaban J connectivity index is 1.70. The van der Waals surface area contributed by atoms with Crippen LogP contribution in [0.25, 0.3) is 11.1 Å². The van der Waals surface area contributed by atoms with Crippen molar-refractivity contribution < 1.29 is 18.0 Å². The first-order valence-corrected chi connectivity index (χ1v) is 8.07. The van der Waals surface area contributed by atoms with E-state index in [0.717, 1.165) is 25.0 Å². The lowest BCUT2D eigenvalue weighted by Gasteiger charge is -2.14. The molecule has 0 spiro atoms. The maximum atomic E-state index is 13.2. The van der Waals surface area contributed by atoms with E-state index in [4.69, 9.17) is 0 Å². The maximum Gasteiger partial charge on any atom is 0.416 e. The fourth-order valence-corrected chi connectivity index (χ4v) is 2.93. The molecule has 1 N–H and O–H groups in total. The highest BCUT2D eigenvalue weighted by molar-refractivity contribution is 5.97. The van der Waals surface area contributed by atoms with Crippen LogP contribution in [-0.2, 0) is 12.7 Å². The van der Waals surface area contributed by atoms with Crippen LogP contribution >= 0.6 is 0 Å². The van der Waals surface area contributed by atoms with Gasteiger partial charge in [-0.2, -0.15) is 13.2 Å². The number of halogens is 3. The smallest absolute Gasteiger partial charge is 0.349 e. The number of benzene rings is 2. The summed E-state index contributed by atoms with van der Waals surface area (Å²) in [6, 6.07) is 9.22. The van der Waals surface area contributed by atoms with Crippen LogP contribution in [0.2, 0.25) is 0 Å². The summed E-state index contributed by atoms with van der Waals surface area (Å²) >= 11 is 0. The van der Waals surface area contributed by atoms with E-state index in [9.17, 15) is 18.0 Å². The average molecular weight is 344 g/mol. The van der Waals surface area contributed by atoms with Crippen molar-refractivity contribution in [3.05, 3.63) is 58.7 Å². The Labute approximate surface area is 142 Å². The van der Waals surface area contributed by atoms with Crippen molar-refractivity contribution in [1.29, 1.82) is 0 Å². The number of carbonyl (C=O) groups excluding carboxylic acids is 1. The number of rotatable bonds is 3. The molecular formula is C19H15F3N2O. The summed E-state index contributed by atoms with van der Waals surface area (Å²) in [6.07, 6.45) is -0.798. The zero-order valence-corrected chi connectivity index (χ0v) is 13.2. The fourth-order valence-electron chi connectivity index (χ4n) is 2.93. The number of hydrogen-bond donors (Lipinski definition) is 1. The van der Waals surface area contributed by atoms with Crippen LogP contribution in [0.15, 0.2) is 41.4 Å². The van der Waals surface area contributed by atoms with Gasteiger partial charge in [0.25, 0.3) is 5.91 Å². The predicted octanol–water partition coefficient (Wildman–Crippen LogP) is 4.20. The molecule has 6 heteroatoms. The number of nitrogens with one attached hydrogen (secondary N) is 1. The quantitative estimate of drug-likeness (QED) is 0.891. The molecule has 0 bridgehead atoms. The van der Waals surface area contributed by atoms with Gasteiger partial charge in [0.15, 0.2) is 0 Å². The molecule has 1 aliphatic heterocycles. The molecule has 3 nitrogen and oxygen atoms in total. The van der Waals surface area contributed by atoms with Crippen molar-refractivity contribution in [2.45, 2.75) is 31.6 Å². The standard InChI is InChI=1S/C19H15F3N2O/c20-19(21,22)14-7-13-9-23-10-17(13)16(8-14)11-1-3-12(4-2-11)18(25)24-15-5-6-15/h1-4,7-8,10,15H,5-6,9H2,(H,24,25). The van der Waals surface area contributed by atoms with E-state index >= 15 is 0 Å². The minimum Gasteiger partial charge on any atom is -0.349 e. The van der Waals surface area contributed by atoms with Crippen molar-refractivity contribution in [3.8, 4) is 11.1 Å². The Kier molecular flexibility index (Phi) is 3.63. The van der Waals surface area contributed by atoms with Crippen LogP contribution in [0.4, 0.5) is 13.2 Å². The summed E-state index contributed by atoms with van der Waals surface area (Å²) in [7, 11) is 0. The highest BCUT2D eigenvalue weighted by Gasteiger charge is 2.32. The number of carbonyl (C=O) groups is 1. The van der Waals surface area contributed by atoms with Gasteiger partial charge in [0, 0.05) is 23.4 Å². The fraction of sp³-hybridized carbons (Fsp3) is 0.263. The van der Waals surface area contributed by atoms with E-state index in [1.165, 1.54) is 0 Å². The number of amides is 1. The molecule has 1 amide bonds. The highest BCUT2D eigenvalue weighted by Crippen LogP contribution is 2.37. The summed E-state index contributed by atoms with van der Waals surface area (Å²) in [6.45, 7) is 0.258. The van der Waals surface area contributed by atoms with Gasteiger partial charge < -0.3 is 5.32 Å². The van der Waals surface area contributed by atoms with Gasteiger partial charge in [-0.05, 0) is 53.8 Å². The van der Waals surface area contributed by atoms with Gasteiger partial charge in [-0.1, -0.05) is 12.1 Å². The van der Waals surface area contributed by atoms with Gasteiger partial charge in [0.05, 0.1) is 12.1 Å². The van der Waals surface area contributed by atoms with Crippen molar-refractivity contribution in [3.63, 3.8) is 0 Å². The third-order valence-electron chi connectivity index (χ3n) is 4.45. The molecule has 2 aromatic rings. The Morgan fingerprint density at radius 1 is 1.12 bits per heavy atom. The molecule has 2 aliphatic rings. The van der Waals surface area contributed by atoms with Crippen LogP contribution in [0.3, 0.4) is 0 Å². The predicted molar refractivity (Wildman–Crippen MR) is 88.7 cm³/mol. The second kappa shape index (κ2) is 5.72. The lowest BCUT2D eigenvalue weighted by Crippen LogP contribution is -2.25. The number of alkyl halides is 3. The highest BCUT2D eigenvalue weighted by atomic mass is 19.4. The summed E-state index contributed by atoms with van der Waals surface area (Å²) in [4.78, 5) is 16.1. The van der Waals surface area contributed by atoms with Crippen LogP contribution in [0.1, 0.15) is 39.9 Å². The Morgan fingerprint density at radius 3 is 2.48 bits per heavy atom. The molecule has 128 valence electrons. The van der Waals surface area contributed by atoms with Gasteiger partial charge >= 0.3 is 6.18 Å². The normalized spacial score (nSPS) is 16.0. The van der Waals surface area contributed by atoms with Gasteiger partial charge in [-0.3, -0.25) is 9.79 Å². The van der Waals surface area contributed by atoms with Crippen molar-refractivity contribution in [2.75, 3.05) is 0 Å². The number of fused-ring (bicyclic) bond motifs is 1. The number of aliphatic imine (C=N–C) groups is 1. The van der Waals surface area contributed by atoms with Gasteiger partial charge in [-0.15, -0.1) is 0 Å². The lowest BCUT2D eigenvalue weighted by atomic mass is 9.93. The maximum absolute atomic E-state index is 13.2. The zero-order valence-electron chi connectivity index (χ0n) is 13.2. The van der Waals surface area contributed by atoms with Crippen LogP contribution < -0.4 is 5.32 Å². The van der Waals surface area contributed by atoms with Crippen molar-refractivity contribution >= 4 is 12.1 Å². The van der Waals surface area contributed by atoms with E-state index in [2.05, 4.69) is 10.3 Å². The molecule has 0 radical (unpaired) electrons. The van der Waals surface area contributed by atoms with E-state index < -0.39 is 11.7 Å². The molecule has 1 fully saturated rings. The van der Waals surface area contributed by atoms with E-state index in [0.29, 0.717) is 27.8 Å². The average Bonchev–Trinajstić information content (AvgIpc) is 3.26. The Bertz CT molecular complexity index is 865. The van der Waals surface area contributed by atoms with Crippen molar-refractivity contribution in [2.24, 2.45) is 4.99 Å². The zero-order chi connectivity index (χ0) is 17.6. The minimum absolute atomic E-state index is 0.148. The van der Waals surface area contributed by atoms with E-state index in [-0.39, 0.29) is 18.5 Å². The van der Waals surface area contributed by atoms with Crippen LogP contribution in [0, 0.1) is 0 Å². The third kappa shape index (κ3) is 3.16. The SMILES string of the molecule is O=C(NC1CC1)c1ccc(-c2cc(C(F)(F)F)cc3c2C=NC3)cc1. The first-order valence-electron chi connectivity index (χ1n) is 8.07. The lowest BCUT2D eigenvalue weighted by molar-refractivity contribution is -0.137. The molecule has 4 rings (SSSR count). The Morgan fingerprint density at radius 2 is 1.84 bits per heavy atom. The molecule has 1 saturated carbocycles. The molecule has 0 saturated heterocycles. The van der Waals surface area contributed by atoms with E-state index in [1.807, 2.05) is 0 Å². The van der Waals surface area contributed by atoms with Crippen molar-refractivity contribution in [1.82, 2.24) is 5.32 Å². The van der Waals surface area contributed by atoms with Crippen LogP contribution in [0.5, 0.6) is 0 Å². The summed E-state index contributed by atoms with van der Waals surface area (Å²) in [5.74, 6) is -0.148. The van der Waals surface area contributed by atoms with E-state index in [1.54, 1.807) is 30.5 Å². The molecule has 2 aromatic carbocycles. The first-order chi connectivity index (χ1) is 11.9. The molecular weight excluding hydrogens is 329 g/mol. The van der Waals surface area contributed by atoms with Gasteiger partial charge in [0.1, 0.15) is 0 Å². The second-order valence-electron chi connectivity index (χ2n) is 6.39. The minimum atomic E-state index is -4.41. The molecule has 1 heterocycles. The molecule has 0 aromatic heterocycles. The number of hydrogen-bond acceptors (Lipinski definition) is 2. The largest absolute Gasteiger partial charge is 0.416 e. The summed E-state index contributed by atoms with van der Waals surface area (Å²) < 4.78 is 39.5. The number of nitrogens with zero attached hydrogens (tertiary/aromatic N) is 1. The third-order valence-corrected chi connectivity index (χ3v) is 4.45.